The fraction of sp³-hybridized carbons (Fsp3) is 0.100. The molecule has 1 heterocycles. The summed E-state index contributed by atoms with van der Waals surface area (Å²) in [5, 5.41) is 9.41. The van der Waals surface area contributed by atoms with Crippen LogP contribution >= 0.6 is 0 Å². The Morgan fingerprint density at radius 1 is 1.08 bits per heavy atom. The number of hydrogen-bond acceptors (Lipinski definition) is 2. The third kappa shape index (κ3) is 3.13. The zero-order valence-electron chi connectivity index (χ0n) is 13.8. The standard InChI is InChI=1S/C20H15F2NO3/c1-12-17(13-6-5-7-14(10-13)19(21)22)18(24)16(20(25)26)11-23(12)15-8-3-2-4-9-15/h2-11,19H,1H3,(H,25,26). The molecule has 132 valence electrons. The van der Waals surface area contributed by atoms with Crippen LogP contribution in [0, 0.1) is 6.92 Å². The molecule has 0 fully saturated rings. The Balaban J connectivity index is 2.35. The predicted molar refractivity (Wildman–Crippen MR) is 94.1 cm³/mol. The molecule has 0 unspecified atom stereocenters. The second kappa shape index (κ2) is 6.92. The molecule has 0 atom stereocenters. The second-order valence-electron chi connectivity index (χ2n) is 5.77. The lowest BCUT2D eigenvalue weighted by atomic mass is 9.99. The van der Waals surface area contributed by atoms with E-state index in [4.69, 9.17) is 0 Å². The van der Waals surface area contributed by atoms with E-state index in [1.807, 2.05) is 6.07 Å². The summed E-state index contributed by atoms with van der Waals surface area (Å²) in [5.41, 5.74) is 0.143. The van der Waals surface area contributed by atoms with Gasteiger partial charge >= 0.3 is 5.97 Å². The van der Waals surface area contributed by atoms with E-state index in [2.05, 4.69) is 0 Å². The van der Waals surface area contributed by atoms with Crippen LogP contribution in [0.4, 0.5) is 8.78 Å². The Morgan fingerprint density at radius 2 is 1.77 bits per heavy atom. The average molecular weight is 355 g/mol. The molecule has 0 bridgehead atoms. The van der Waals surface area contributed by atoms with E-state index in [-0.39, 0.29) is 16.7 Å². The van der Waals surface area contributed by atoms with Crippen molar-refractivity contribution in [2.45, 2.75) is 13.3 Å². The summed E-state index contributed by atoms with van der Waals surface area (Å²) < 4.78 is 27.7. The number of halogens is 2. The number of pyridine rings is 1. The molecule has 0 saturated carbocycles. The molecular weight excluding hydrogens is 340 g/mol. The fourth-order valence-electron chi connectivity index (χ4n) is 2.88. The summed E-state index contributed by atoms with van der Waals surface area (Å²) in [5.74, 6) is -1.37. The summed E-state index contributed by atoms with van der Waals surface area (Å²) in [6.45, 7) is 1.66. The molecule has 3 aromatic rings. The minimum atomic E-state index is -2.69. The lowest BCUT2D eigenvalue weighted by molar-refractivity contribution is 0.0694. The maximum atomic E-state index is 13.0. The maximum absolute atomic E-state index is 13.0. The Bertz CT molecular complexity index is 1030. The zero-order chi connectivity index (χ0) is 18.8. The average Bonchev–Trinajstić information content (AvgIpc) is 2.62. The van der Waals surface area contributed by atoms with Crippen molar-refractivity contribution in [3.05, 3.63) is 87.8 Å². The van der Waals surface area contributed by atoms with Gasteiger partial charge in [-0.25, -0.2) is 13.6 Å². The molecule has 0 spiro atoms. The van der Waals surface area contributed by atoms with Crippen LogP contribution in [0.3, 0.4) is 0 Å². The van der Waals surface area contributed by atoms with Crippen molar-refractivity contribution in [2.75, 3.05) is 0 Å². The number of para-hydroxylation sites is 1. The first-order valence-electron chi connectivity index (χ1n) is 7.83. The molecule has 0 radical (unpaired) electrons. The summed E-state index contributed by atoms with van der Waals surface area (Å²) in [4.78, 5) is 24.3. The minimum absolute atomic E-state index is 0.0938. The third-order valence-corrected chi connectivity index (χ3v) is 4.15. The van der Waals surface area contributed by atoms with E-state index in [1.54, 1.807) is 35.8 Å². The van der Waals surface area contributed by atoms with Gasteiger partial charge in [0.2, 0.25) is 5.43 Å². The van der Waals surface area contributed by atoms with Crippen LogP contribution in [0.1, 0.15) is 28.0 Å². The van der Waals surface area contributed by atoms with Crippen LogP contribution in [0.2, 0.25) is 0 Å². The van der Waals surface area contributed by atoms with Gasteiger partial charge in [0.15, 0.2) is 0 Å². The minimum Gasteiger partial charge on any atom is -0.477 e. The third-order valence-electron chi connectivity index (χ3n) is 4.15. The molecule has 0 saturated heterocycles. The molecule has 0 amide bonds. The highest BCUT2D eigenvalue weighted by molar-refractivity contribution is 5.89. The highest BCUT2D eigenvalue weighted by Gasteiger charge is 2.20. The highest BCUT2D eigenvalue weighted by Crippen LogP contribution is 2.27. The second-order valence-corrected chi connectivity index (χ2v) is 5.77. The van der Waals surface area contributed by atoms with E-state index in [0.717, 1.165) is 0 Å². The lowest BCUT2D eigenvalue weighted by Gasteiger charge is -2.16. The summed E-state index contributed by atoms with van der Waals surface area (Å²) in [7, 11) is 0. The first-order chi connectivity index (χ1) is 12.4. The molecule has 3 rings (SSSR count). The molecule has 26 heavy (non-hydrogen) atoms. The Hall–Kier alpha value is -3.28. The fourth-order valence-corrected chi connectivity index (χ4v) is 2.88. The number of benzene rings is 2. The monoisotopic (exact) mass is 355 g/mol. The quantitative estimate of drug-likeness (QED) is 0.752. The van der Waals surface area contributed by atoms with Crippen molar-refractivity contribution in [3.63, 3.8) is 0 Å². The van der Waals surface area contributed by atoms with Crippen molar-refractivity contribution < 1.29 is 18.7 Å². The van der Waals surface area contributed by atoms with E-state index in [9.17, 15) is 23.5 Å². The van der Waals surface area contributed by atoms with Crippen LogP contribution in [-0.4, -0.2) is 15.6 Å². The number of rotatable bonds is 4. The number of hydrogen-bond donors (Lipinski definition) is 1. The van der Waals surface area contributed by atoms with Crippen molar-refractivity contribution in [2.24, 2.45) is 0 Å². The van der Waals surface area contributed by atoms with Gasteiger partial charge in [-0.2, -0.15) is 0 Å². The lowest BCUT2D eigenvalue weighted by Crippen LogP contribution is -2.22. The van der Waals surface area contributed by atoms with Crippen molar-refractivity contribution in [1.82, 2.24) is 4.57 Å². The molecule has 0 aliphatic carbocycles. The van der Waals surface area contributed by atoms with Gasteiger partial charge in [-0.05, 0) is 30.7 Å². The van der Waals surface area contributed by atoms with Crippen LogP contribution < -0.4 is 5.43 Å². The highest BCUT2D eigenvalue weighted by atomic mass is 19.3. The normalized spacial score (nSPS) is 10.9. The van der Waals surface area contributed by atoms with Crippen LogP contribution in [0.15, 0.2) is 65.6 Å². The predicted octanol–water partition coefficient (Wildman–Crippen LogP) is 4.45. The summed E-state index contributed by atoms with van der Waals surface area (Å²) >= 11 is 0. The summed E-state index contributed by atoms with van der Waals surface area (Å²) in [6, 6.07) is 14.3. The molecule has 4 nitrogen and oxygen atoms in total. The molecule has 0 aliphatic heterocycles. The molecule has 1 aromatic heterocycles. The number of alkyl halides is 2. The van der Waals surface area contributed by atoms with Gasteiger partial charge in [-0.3, -0.25) is 4.79 Å². The Kier molecular flexibility index (Phi) is 4.67. The van der Waals surface area contributed by atoms with Gasteiger partial charge in [-0.15, -0.1) is 0 Å². The Labute approximate surface area is 148 Å². The zero-order valence-corrected chi connectivity index (χ0v) is 13.8. The SMILES string of the molecule is Cc1c(-c2cccc(C(F)F)c2)c(=O)c(C(=O)O)cn1-c1ccccc1. The van der Waals surface area contributed by atoms with Gasteiger partial charge in [0.1, 0.15) is 5.56 Å². The van der Waals surface area contributed by atoms with E-state index < -0.39 is 23.4 Å². The molecule has 0 aliphatic rings. The number of carboxylic acids is 1. The maximum Gasteiger partial charge on any atom is 0.341 e. The number of aromatic nitrogens is 1. The van der Waals surface area contributed by atoms with Crippen LogP contribution in [0.25, 0.3) is 16.8 Å². The van der Waals surface area contributed by atoms with E-state index >= 15 is 0 Å². The number of nitrogens with zero attached hydrogens (tertiary/aromatic N) is 1. The van der Waals surface area contributed by atoms with Crippen molar-refractivity contribution in [1.29, 1.82) is 0 Å². The first kappa shape index (κ1) is 17.5. The number of carboxylic acid groups (broad SMARTS) is 1. The van der Waals surface area contributed by atoms with Gasteiger partial charge in [0, 0.05) is 28.7 Å². The van der Waals surface area contributed by atoms with Crippen molar-refractivity contribution in [3.8, 4) is 16.8 Å². The first-order valence-corrected chi connectivity index (χ1v) is 7.83. The molecule has 1 N–H and O–H groups in total. The van der Waals surface area contributed by atoms with Crippen LogP contribution in [0.5, 0.6) is 0 Å². The van der Waals surface area contributed by atoms with Gasteiger partial charge in [0.25, 0.3) is 6.43 Å². The van der Waals surface area contributed by atoms with Gasteiger partial charge in [-0.1, -0.05) is 36.4 Å². The van der Waals surface area contributed by atoms with Gasteiger partial charge in [0.05, 0.1) is 0 Å². The smallest absolute Gasteiger partial charge is 0.341 e. The van der Waals surface area contributed by atoms with Crippen LogP contribution in [-0.2, 0) is 0 Å². The molecule has 6 heteroatoms. The number of aromatic carboxylic acids is 1. The number of carbonyl (C=O) groups is 1. The topological polar surface area (TPSA) is 59.3 Å². The van der Waals surface area contributed by atoms with E-state index in [0.29, 0.717) is 11.4 Å². The van der Waals surface area contributed by atoms with E-state index in [1.165, 1.54) is 30.5 Å². The summed E-state index contributed by atoms with van der Waals surface area (Å²) in [6.07, 6.45) is -1.43. The van der Waals surface area contributed by atoms with Gasteiger partial charge < -0.3 is 9.67 Å². The molecule has 2 aromatic carbocycles. The van der Waals surface area contributed by atoms with Crippen molar-refractivity contribution >= 4 is 5.97 Å². The molecular formula is C20H15F2NO3. The largest absolute Gasteiger partial charge is 0.477 e. The Morgan fingerprint density at radius 3 is 2.38 bits per heavy atom.